The fourth-order valence-corrected chi connectivity index (χ4v) is 3.86. The van der Waals surface area contributed by atoms with Crippen molar-refractivity contribution >= 4 is 24.4 Å². The normalized spacial score (nSPS) is 16.3. The fraction of sp³-hybridized carbons (Fsp3) is 0.667. The predicted octanol–water partition coefficient (Wildman–Crippen LogP) is 5.99. The number of benzene rings is 1. The highest BCUT2D eigenvalue weighted by atomic mass is 16.8. The first-order chi connectivity index (χ1) is 19.4. The maximum Gasteiger partial charge on any atom is 0.514 e. The lowest BCUT2D eigenvalue weighted by atomic mass is 9.98. The van der Waals surface area contributed by atoms with Crippen LogP contribution < -0.4 is 15.2 Å². The Labute approximate surface area is 247 Å². The number of nitrogens with two attached hydrogens (primary N) is 1. The van der Waals surface area contributed by atoms with Crippen molar-refractivity contribution in [1.29, 1.82) is 0 Å². The molecule has 1 aromatic carbocycles. The van der Waals surface area contributed by atoms with Gasteiger partial charge in [0.2, 0.25) is 0 Å². The van der Waals surface area contributed by atoms with E-state index >= 15 is 0 Å². The number of rotatable bonds is 9. The lowest BCUT2D eigenvalue weighted by Gasteiger charge is -2.25. The summed E-state index contributed by atoms with van der Waals surface area (Å²) < 4.78 is 37.0. The minimum absolute atomic E-state index is 0.0120. The molecule has 0 aliphatic heterocycles. The van der Waals surface area contributed by atoms with Crippen LogP contribution in [-0.4, -0.2) is 60.0 Å². The molecule has 12 nitrogen and oxygen atoms in total. The Hall–Kier alpha value is -3.54. The van der Waals surface area contributed by atoms with Gasteiger partial charge in [0, 0.05) is 0 Å². The van der Waals surface area contributed by atoms with Gasteiger partial charge in [-0.3, -0.25) is 4.79 Å². The molecule has 42 heavy (non-hydrogen) atoms. The average molecular weight is 596 g/mol. The van der Waals surface area contributed by atoms with Crippen molar-refractivity contribution < 1.29 is 52.3 Å². The summed E-state index contributed by atoms with van der Waals surface area (Å²) in [6, 6.07) is 3.21. The zero-order valence-electron chi connectivity index (χ0n) is 25.9. The van der Waals surface area contributed by atoms with E-state index in [1.807, 2.05) is 0 Å². The molecular formula is C30H45NO11. The Morgan fingerprint density at radius 3 is 1.86 bits per heavy atom. The monoisotopic (exact) mass is 595 g/mol. The number of esters is 1. The molecule has 1 saturated carbocycles. The van der Waals surface area contributed by atoms with Crippen LogP contribution in [0.2, 0.25) is 0 Å². The maximum atomic E-state index is 12.7. The molecule has 0 aromatic heterocycles. The highest BCUT2D eigenvalue weighted by molar-refractivity contribution is 5.76. The van der Waals surface area contributed by atoms with Crippen LogP contribution in [0.15, 0.2) is 18.2 Å². The summed E-state index contributed by atoms with van der Waals surface area (Å²) in [7, 11) is 0. The van der Waals surface area contributed by atoms with Gasteiger partial charge in [0.05, 0.1) is 0 Å². The molecule has 1 fully saturated rings. The van der Waals surface area contributed by atoms with Crippen molar-refractivity contribution in [2.45, 2.75) is 129 Å². The molecule has 0 bridgehead atoms. The Bertz CT molecular complexity index is 1080. The fourth-order valence-electron chi connectivity index (χ4n) is 3.86. The molecule has 2 N–H and O–H groups in total. The number of hydrogen-bond acceptors (Lipinski definition) is 12. The van der Waals surface area contributed by atoms with E-state index in [1.165, 1.54) is 12.1 Å². The van der Waals surface area contributed by atoms with Gasteiger partial charge >= 0.3 is 24.4 Å². The zero-order chi connectivity index (χ0) is 31.7. The van der Waals surface area contributed by atoms with E-state index in [9.17, 15) is 19.2 Å². The summed E-state index contributed by atoms with van der Waals surface area (Å²) in [4.78, 5) is 49.4. The van der Waals surface area contributed by atoms with Gasteiger partial charge in [0.1, 0.15) is 35.6 Å². The summed E-state index contributed by atoms with van der Waals surface area (Å²) in [5.74, 6) is -0.975. The van der Waals surface area contributed by atoms with Gasteiger partial charge in [-0.2, -0.15) is 0 Å². The quantitative estimate of drug-likeness (QED) is 0.202. The van der Waals surface area contributed by atoms with E-state index in [0.29, 0.717) is 5.56 Å². The van der Waals surface area contributed by atoms with Crippen LogP contribution in [0.5, 0.6) is 11.5 Å². The van der Waals surface area contributed by atoms with Gasteiger partial charge < -0.3 is 38.9 Å². The Morgan fingerprint density at radius 2 is 1.31 bits per heavy atom. The molecule has 1 unspecified atom stereocenters. The van der Waals surface area contributed by atoms with Crippen LogP contribution in [-0.2, 0) is 34.9 Å². The van der Waals surface area contributed by atoms with E-state index in [4.69, 9.17) is 38.9 Å². The van der Waals surface area contributed by atoms with Crippen molar-refractivity contribution in [3.8, 4) is 11.5 Å². The van der Waals surface area contributed by atoms with Gasteiger partial charge in [-0.15, -0.1) is 0 Å². The van der Waals surface area contributed by atoms with Crippen molar-refractivity contribution in [3.05, 3.63) is 23.8 Å². The molecule has 0 radical (unpaired) electrons. The number of hydrogen-bond donors (Lipinski definition) is 1. The van der Waals surface area contributed by atoms with Gasteiger partial charge in [0.15, 0.2) is 11.5 Å². The second kappa shape index (κ2) is 15.1. The third kappa shape index (κ3) is 13.0. The van der Waals surface area contributed by atoms with Gasteiger partial charge in [-0.05, 0) is 105 Å². The molecule has 2 rings (SSSR count). The topological polar surface area (TPSA) is 159 Å². The van der Waals surface area contributed by atoms with Crippen LogP contribution in [0.3, 0.4) is 0 Å². The van der Waals surface area contributed by atoms with Crippen molar-refractivity contribution in [1.82, 2.24) is 0 Å². The van der Waals surface area contributed by atoms with Crippen LogP contribution in [0, 0.1) is 0 Å². The Kier molecular flexibility index (Phi) is 12.4. The van der Waals surface area contributed by atoms with E-state index in [2.05, 4.69) is 0 Å². The first-order valence-electron chi connectivity index (χ1n) is 14.2. The molecule has 236 valence electrons. The average Bonchev–Trinajstić information content (AvgIpc) is 2.83. The summed E-state index contributed by atoms with van der Waals surface area (Å²) in [6.07, 6.45) is 0.197. The summed E-state index contributed by atoms with van der Waals surface area (Å²) in [6.45, 7) is 13.2. The highest BCUT2D eigenvalue weighted by Gasteiger charge is 2.28. The second-order valence-corrected chi connectivity index (χ2v) is 12.3. The van der Waals surface area contributed by atoms with Crippen molar-refractivity contribution in [2.24, 2.45) is 5.73 Å². The highest BCUT2D eigenvalue weighted by Crippen LogP contribution is 2.31. The predicted molar refractivity (Wildman–Crippen MR) is 151 cm³/mol. The second-order valence-electron chi connectivity index (χ2n) is 12.3. The van der Waals surface area contributed by atoms with Crippen LogP contribution in [0.25, 0.3) is 0 Å². The molecule has 0 saturated heterocycles. The van der Waals surface area contributed by atoms with E-state index in [0.717, 1.165) is 32.1 Å². The largest absolute Gasteiger partial charge is 0.514 e. The third-order valence-electron chi connectivity index (χ3n) is 5.99. The zero-order valence-corrected chi connectivity index (χ0v) is 25.9. The summed E-state index contributed by atoms with van der Waals surface area (Å²) in [5.41, 5.74) is 4.93. The van der Waals surface area contributed by atoms with Crippen LogP contribution in [0.1, 0.15) is 93.1 Å². The molecule has 1 aliphatic carbocycles. The van der Waals surface area contributed by atoms with Crippen molar-refractivity contribution in [3.63, 3.8) is 0 Å². The van der Waals surface area contributed by atoms with E-state index in [-0.39, 0.29) is 24.0 Å². The van der Waals surface area contributed by atoms with Gasteiger partial charge in [-0.1, -0.05) is 12.5 Å². The minimum atomic E-state index is -1.11. The summed E-state index contributed by atoms with van der Waals surface area (Å²) in [5, 5.41) is 0. The molecule has 12 heteroatoms. The lowest BCUT2D eigenvalue weighted by molar-refractivity contribution is -0.155. The van der Waals surface area contributed by atoms with Crippen LogP contribution in [0.4, 0.5) is 14.4 Å². The van der Waals surface area contributed by atoms with E-state index < -0.39 is 53.9 Å². The molecule has 0 heterocycles. The van der Waals surface area contributed by atoms with Crippen molar-refractivity contribution in [2.75, 3.05) is 0 Å². The van der Waals surface area contributed by atoms with Crippen LogP contribution >= 0.6 is 0 Å². The Balaban J connectivity index is 2.03. The first kappa shape index (κ1) is 34.7. The van der Waals surface area contributed by atoms with E-state index in [1.54, 1.807) is 61.5 Å². The smallest absolute Gasteiger partial charge is 0.458 e. The molecule has 3 atom stereocenters. The number of carbonyl (C=O) groups excluding carboxylic acids is 4. The molecule has 0 amide bonds. The van der Waals surface area contributed by atoms with Gasteiger partial charge in [-0.25, -0.2) is 14.4 Å². The molecule has 0 spiro atoms. The minimum Gasteiger partial charge on any atom is -0.458 e. The lowest BCUT2D eigenvalue weighted by Crippen LogP contribution is -2.39. The maximum absolute atomic E-state index is 12.7. The molecule has 1 aliphatic rings. The third-order valence-corrected chi connectivity index (χ3v) is 5.99. The number of ether oxygens (including phenoxy) is 7. The van der Waals surface area contributed by atoms with Gasteiger partial charge in [0.25, 0.3) is 0 Å². The number of carbonyl (C=O) groups is 4. The molecule has 1 aromatic rings. The first-order valence-corrected chi connectivity index (χ1v) is 14.2. The molecular weight excluding hydrogens is 550 g/mol. The SMILES string of the molecule is CC(OC(=O)OC1CCCCC1)[C@H](C)OC(=O)[C@@H](N)Cc1ccc(OC(=O)OC(C)(C)C)c(OC(=O)OC(C)(C)C)c1. The Morgan fingerprint density at radius 1 is 0.786 bits per heavy atom. The standard InChI is InChI=1S/C30H45NO11/c1-18(19(2)37-26(33)38-21-12-10-9-11-13-21)36-25(32)22(31)16-20-14-15-23(39-27(34)41-29(3,4)5)24(17-20)40-28(35)42-30(6,7)8/h14-15,17-19,21-22H,9-13,16,31H2,1-8H3/t18-,19?,22-/m0/s1. The summed E-state index contributed by atoms with van der Waals surface area (Å²) >= 11 is 0.